The van der Waals surface area contributed by atoms with E-state index in [0.717, 1.165) is 38.1 Å². The lowest BCUT2D eigenvalue weighted by Gasteiger charge is -2.31. The third-order valence-corrected chi connectivity index (χ3v) is 4.75. The highest BCUT2D eigenvalue weighted by molar-refractivity contribution is 5.88. The summed E-state index contributed by atoms with van der Waals surface area (Å²) >= 11 is 0. The molecule has 0 radical (unpaired) electrons. The maximum absolute atomic E-state index is 12.4. The Labute approximate surface area is 149 Å². The molecule has 5 heteroatoms. The van der Waals surface area contributed by atoms with E-state index in [0.29, 0.717) is 11.7 Å². The molecule has 5 nitrogen and oxygen atoms in total. The van der Waals surface area contributed by atoms with Crippen molar-refractivity contribution < 1.29 is 9.32 Å². The Morgan fingerprint density at radius 2 is 1.92 bits per heavy atom. The fraction of sp³-hybridized carbons (Fsp3) is 0.500. The standard InChI is InChI=1S/C20H27N3O2/c1-20(2,3)17-14-18(22-25-17)21-19(24)23-11-9-16(10-12-23)13-15-7-5-4-6-8-15/h4-8,14,16H,9-13H2,1-3H3,(H,21,22,24). The van der Waals surface area contributed by atoms with Gasteiger partial charge >= 0.3 is 6.03 Å². The second-order valence-corrected chi connectivity index (χ2v) is 7.88. The number of hydrogen-bond acceptors (Lipinski definition) is 3. The molecule has 25 heavy (non-hydrogen) atoms. The number of carbonyl (C=O) groups excluding carboxylic acids is 1. The molecule has 1 saturated heterocycles. The fourth-order valence-corrected chi connectivity index (χ4v) is 3.16. The number of anilines is 1. The quantitative estimate of drug-likeness (QED) is 0.897. The van der Waals surface area contributed by atoms with Gasteiger partial charge in [-0.25, -0.2) is 4.79 Å². The summed E-state index contributed by atoms with van der Waals surface area (Å²) < 4.78 is 5.32. The lowest BCUT2D eigenvalue weighted by molar-refractivity contribution is 0.182. The number of amides is 2. The summed E-state index contributed by atoms with van der Waals surface area (Å²) in [7, 11) is 0. The van der Waals surface area contributed by atoms with Gasteiger partial charge in [-0.1, -0.05) is 56.3 Å². The van der Waals surface area contributed by atoms with Gasteiger partial charge in [0.2, 0.25) is 0 Å². The van der Waals surface area contributed by atoms with Gasteiger partial charge < -0.3 is 9.42 Å². The van der Waals surface area contributed by atoms with Crippen molar-refractivity contribution in [2.75, 3.05) is 18.4 Å². The van der Waals surface area contributed by atoms with E-state index in [1.165, 1.54) is 5.56 Å². The predicted molar refractivity (Wildman–Crippen MR) is 98.7 cm³/mol. The summed E-state index contributed by atoms with van der Waals surface area (Å²) in [6, 6.07) is 12.3. The highest BCUT2D eigenvalue weighted by Gasteiger charge is 2.25. The number of aromatic nitrogens is 1. The predicted octanol–water partition coefficient (Wildman–Crippen LogP) is 4.46. The lowest BCUT2D eigenvalue weighted by atomic mass is 9.90. The zero-order valence-electron chi connectivity index (χ0n) is 15.3. The van der Waals surface area contributed by atoms with Crippen molar-refractivity contribution in [3.8, 4) is 0 Å². The minimum absolute atomic E-state index is 0.0908. The lowest BCUT2D eigenvalue weighted by Crippen LogP contribution is -2.41. The van der Waals surface area contributed by atoms with E-state index in [-0.39, 0.29) is 11.4 Å². The molecule has 0 unspecified atom stereocenters. The van der Waals surface area contributed by atoms with Crippen molar-refractivity contribution in [2.45, 2.75) is 45.4 Å². The van der Waals surface area contributed by atoms with Crippen molar-refractivity contribution in [1.82, 2.24) is 10.1 Å². The van der Waals surface area contributed by atoms with E-state index in [1.54, 1.807) is 6.07 Å². The van der Waals surface area contributed by atoms with Gasteiger partial charge in [0.25, 0.3) is 0 Å². The van der Waals surface area contributed by atoms with Gasteiger partial charge in [0.15, 0.2) is 5.82 Å². The first-order chi connectivity index (χ1) is 11.9. The molecule has 0 atom stereocenters. The highest BCUT2D eigenvalue weighted by atomic mass is 16.5. The van der Waals surface area contributed by atoms with E-state index in [9.17, 15) is 4.79 Å². The summed E-state index contributed by atoms with van der Waals surface area (Å²) in [5.41, 5.74) is 1.26. The SMILES string of the molecule is CC(C)(C)c1cc(NC(=O)N2CCC(Cc3ccccc3)CC2)no1. The zero-order chi connectivity index (χ0) is 17.9. The van der Waals surface area contributed by atoms with Crippen LogP contribution in [0.3, 0.4) is 0 Å². The topological polar surface area (TPSA) is 58.4 Å². The van der Waals surface area contributed by atoms with Crippen LogP contribution in [-0.2, 0) is 11.8 Å². The van der Waals surface area contributed by atoms with Crippen LogP contribution in [0.5, 0.6) is 0 Å². The van der Waals surface area contributed by atoms with Crippen molar-refractivity contribution in [1.29, 1.82) is 0 Å². The van der Waals surface area contributed by atoms with Gasteiger partial charge in [-0.05, 0) is 30.7 Å². The largest absolute Gasteiger partial charge is 0.359 e. The van der Waals surface area contributed by atoms with E-state index < -0.39 is 0 Å². The van der Waals surface area contributed by atoms with Crippen LogP contribution in [0, 0.1) is 5.92 Å². The number of benzene rings is 1. The highest BCUT2D eigenvalue weighted by Crippen LogP contribution is 2.25. The van der Waals surface area contributed by atoms with Crippen LogP contribution in [-0.4, -0.2) is 29.2 Å². The summed E-state index contributed by atoms with van der Waals surface area (Å²) in [4.78, 5) is 14.3. The summed E-state index contributed by atoms with van der Waals surface area (Å²) in [5.74, 6) is 1.90. The number of nitrogens with zero attached hydrogens (tertiary/aromatic N) is 2. The monoisotopic (exact) mass is 341 g/mol. The first-order valence-electron chi connectivity index (χ1n) is 8.99. The van der Waals surface area contributed by atoms with Gasteiger partial charge in [-0.2, -0.15) is 0 Å². The molecule has 0 spiro atoms. The second-order valence-electron chi connectivity index (χ2n) is 7.88. The Balaban J connectivity index is 1.49. The minimum atomic E-state index is -0.119. The molecule has 134 valence electrons. The Kier molecular flexibility index (Phi) is 5.11. The second kappa shape index (κ2) is 7.30. The Hall–Kier alpha value is -2.30. The third kappa shape index (κ3) is 4.62. The van der Waals surface area contributed by atoms with Crippen LogP contribution in [0.25, 0.3) is 0 Å². The zero-order valence-corrected chi connectivity index (χ0v) is 15.3. The summed E-state index contributed by atoms with van der Waals surface area (Å²) in [5, 5.41) is 6.81. The van der Waals surface area contributed by atoms with Crippen molar-refractivity contribution in [3.05, 3.63) is 47.7 Å². The maximum atomic E-state index is 12.4. The molecule has 3 rings (SSSR count). The Bertz CT molecular complexity index is 695. The molecule has 2 heterocycles. The van der Waals surface area contributed by atoms with Crippen LogP contribution in [0.15, 0.2) is 40.9 Å². The number of rotatable bonds is 3. The molecule has 1 fully saturated rings. The van der Waals surface area contributed by atoms with E-state index in [1.807, 2.05) is 11.0 Å². The van der Waals surface area contributed by atoms with Crippen LogP contribution >= 0.6 is 0 Å². The number of hydrogen-bond donors (Lipinski definition) is 1. The van der Waals surface area contributed by atoms with Crippen molar-refractivity contribution in [3.63, 3.8) is 0 Å². The first-order valence-corrected chi connectivity index (χ1v) is 8.99. The molecular formula is C20H27N3O2. The maximum Gasteiger partial charge on any atom is 0.323 e. The molecule has 0 bridgehead atoms. The molecule has 1 aliphatic rings. The normalized spacial score (nSPS) is 16.0. The molecule has 1 aromatic carbocycles. The van der Waals surface area contributed by atoms with Gasteiger partial charge in [0.05, 0.1) is 0 Å². The molecule has 0 saturated carbocycles. The van der Waals surface area contributed by atoms with Crippen LogP contribution in [0.4, 0.5) is 10.6 Å². The summed E-state index contributed by atoms with van der Waals surface area (Å²) in [6.07, 6.45) is 3.16. The van der Waals surface area contributed by atoms with Crippen LogP contribution in [0.2, 0.25) is 0 Å². The fourth-order valence-electron chi connectivity index (χ4n) is 3.16. The molecular weight excluding hydrogens is 314 g/mol. The molecule has 1 aliphatic heterocycles. The van der Waals surface area contributed by atoms with Crippen molar-refractivity contribution >= 4 is 11.8 Å². The van der Waals surface area contributed by atoms with Crippen LogP contribution in [0.1, 0.15) is 44.9 Å². The number of nitrogens with one attached hydrogen (secondary N) is 1. The Morgan fingerprint density at radius 3 is 2.52 bits per heavy atom. The number of piperidine rings is 1. The third-order valence-electron chi connectivity index (χ3n) is 4.75. The van der Waals surface area contributed by atoms with Gasteiger partial charge in [-0.15, -0.1) is 0 Å². The molecule has 1 aromatic heterocycles. The summed E-state index contributed by atoms with van der Waals surface area (Å²) in [6.45, 7) is 7.73. The van der Waals surface area contributed by atoms with Crippen molar-refractivity contribution in [2.24, 2.45) is 5.92 Å². The number of likely N-dealkylation sites (tertiary alicyclic amines) is 1. The minimum Gasteiger partial charge on any atom is -0.359 e. The number of urea groups is 1. The molecule has 2 aromatic rings. The van der Waals surface area contributed by atoms with Gasteiger partial charge in [0.1, 0.15) is 5.76 Å². The smallest absolute Gasteiger partial charge is 0.323 e. The molecule has 0 aliphatic carbocycles. The van der Waals surface area contributed by atoms with Crippen LogP contribution < -0.4 is 5.32 Å². The average molecular weight is 341 g/mol. The van der Waals surface area contributed by atoms with E-state index in [2.05, 4.69) is 55.5 Å². The Morgan fingerprint density at radius 1 is 1.24 bits per heavy atom. The van der Waals surface area contributed by atoms with E-state index in [4.69, 9.17) is 4.52 Å². The average Bonchev–Trinajstić information content (AvgIpc) is 3.05. The first kappa shape index (κ1) is 17.5. The molecule has 2 amide bonds. The number of carbonyl (C=O) groups is 1. The molecule has 1 N–H and O–H groups in total. The van der Waals surface area contributed by atoms with E-state index >= 15 is 0 Å². The van der Waals surface area contributed by atoms with Gasteiger partial charge in [-0.3, -0.25) is 5.32 Å². The van der Waals surface area contributed by atoms with Gasteiger partial charge in [0, 0.05) is 24.6 Å².